The van der Waals surface area contributed by atoms with Crippen LogP contribution in [0.2, 0.25) is 0 Å². The molecule has 0 spiro atoms. The van der Waals surface area contributed by atoms with Crippen molar-refractivity contribution in [3.05, 3.63) is 53.7 Å². The van der Waals surface area contributed by atoms with Gasteiger partial charge in [0, 0.05) is 29.1 Å². The molecule has 0 fully saturated rings. The maximum Gasteiger partial charge on any atom is 0.256 e. The van der Waals surface area contributed by atoms with Gasteiger partial charge in [-0.05, 0) is 35.9 Å². The van der Waals surface area contributed by atoms with Crippen LogP contribution in [0.1, 0.15) is 18.1 Å². The first-order valence-electron chi connectivity index (χ1n) is 7.48. The number of anilines is 2. The number of carbonyl (C=O) groups excluding carboxylic acids is 2. The molecule has 0 bridgehead atoms. The van der Waals surface area contributed by atoms with Crippen LogP contribution in [-0.2, 0) is 9.59 Å². The van der Waals surface area contributed by atoms with E-state index in [4.69, 9.17) is 0 Å². The summed E-state index contributed by atoms with van der Waals surface area (Å²) in [5, 5.41) is 13.4. The van der Waals surface area contributed by atoms with Crippen molar-refractivity contribution in [1.29, 1.82) is 0 Å². The van der Waals surface area contributed by atoms with Crippen molar-refractivity contribution in [3.63, 3.8) is 0 Å². The fourth-order valence-corrected chi connectivity index (χ4v) is 2.84. The molecular formula is C18H14N4O2. The minimum atomic E-state index is -0.155. The average molecular weight is 318 g/mol. The SMILES string of the molecule is CC(=O)Nc1ccc2c(c1)NC(=O)/C2=C/c1ccc2[nH]ncc2c1. The van der Waals surface area contributed by atoms with E-state index in [0.717, 1.165) is 22.0 Å². The summed E-state index contributed by atoms with van der Waals surface area (Å²) in [7, 11) is 0. The van der Waals surface area contributed by atoms with Gasteiger partial charge in [0.25, 0.3) is 5.91 Å². The van der Waals surface area contributed by atoms with E-state index < -0.39 is 0 Å². The van der Waals surface area contributed by atoms with Gasteiger partial charge in [-0.15, -0.1) is 0 Å². The van der Waals surface area contributed by atoms with E-state index in [2.05, 4.69) is 20.8 Å². The number of H-pyrrole nitrogens is 1. The molecule has 2 aromatic carbocycles. The van der Waals surface area contributed by atoms with Crippen LogP contribution in [0.3, 0.4) is 0 Å². The molecule has 3 N–H and O–H groups in total. The lowest BCUT2D eigenvalue weighted by Crippen LogP contribution is -2.06. The Morgan fingerprint density at radius 1 is 1.21 bits per heavy atom. The summed E-state index contributed by atoms with van der Waals surface area (Å²) in [6, 6.07) is 11.2. The Kier molecular flexibility index (Phi) is 3.16. The van der Waals surface area contributed by atoms with Crippen molar-refractivity contribution < 1.29 is 9.59 Å². The van der Waals surface area contributed by atoms with Crippen LogP contribution < -0.4 is 10.6 Å². The average Bonchev–Trinajstić information content (AvgIpc) is 3.11. The monoisotopic (exact) mass is 318 g/mol. The number of hydrogen-bond donors (Lipinski definition) is 3. The van der Waals surface area contributed by atoms with Gasteiger partial charge in [0.2, 0.25) is 5.91 Å². The van der Waals surface area contributed by atoms with E-state index in [-0.39, 0.29) is 11.8 Å². The Morgan fingerprint density at radius 3 is 2.92 bits per heavy atom. The summed E-state index contributed by atoms with van der Waals surface area (Å²) in [4.78, 5) is 23.4. The highest BCUT2D eigenvalue weighted by Crippen LogP contribution is 2.35. The molecule has 2 amide bonds. The second kappa shape index (κ2) is 5.34. The summed E-state index contributed by atoms with van der Waals surface area (Å²) < 4.78 is 0. The van der Waals surface area contributed by atoms with Crippen LogP contribution in [-0.4, -0.2) is 22.0 Å². The molecule has 1 aliphatic heterocycles. The summed E-state index contributed by atoms with van der Waals surface area (Å²) in [5.41, 5.74) is 4.65. The lowest BCUT2D eigenvalue weighted by Gasteiger charge is -2.04. The van der Waals surface area contributed by atoms with Gasteiger partial charge in [-0.2, -0.15) is 5.10 Å². The maximum atomic E-state index is 12.3. The van der Waals surface area contributed by atoms with Crippen molar-refractivity contribution >= 4 is 45.7 Å². The molecule has 0 unspecified atom stereocenters. The standard InChI is InChI=1S/C18H14N4O2/c1-10(23)20-13-3-4-14-15(18(24)21-17(14)8-13)7-11-2-5-16-12(6-11)9-19-22-16/h2-9H,1H3,(H,19,22)(H,20,23)(H,21,24)/b15-7+. The van der Waals surface area contributed by atoms with Crippen LogP contribution in [0.5, 0.6) is 0 Å². The Bertz CT molecular complexity index is 1020. The Balaban J connectivity index is 1.74. The number of hydrogen-bond acceptors (Lipinski definition) is 3. The van der Waals surface area contributed by atoms with Crippen molar-refractivity contribution in [1.82, 2.24) is 10.2 Å². The van der Waals surface area contributed by atoms with Crippen LogP contribution >= 0.6 is 0 Å². The van der Waals surface area contributed by atoms with E-state index in [1.54, 1.807) is 18.3 Å². The molecule has 0 aliphatic carbocycles. The fourth-order valence-electron chi connectivity index (χ4n) is 2.84. The van der Waals surface area contributed by atoms with Gasteiger partial charge in [-0.1, -0.05) is 12.1 Å². The number of nitrogens with one attached hydrogen (secondary N) is 3. The summed E-state index contributed by atoms with van der Waals surface area (Å²) in [5.74, 6) is -0.305. The fraction of sp³-hybridized carbons (Fsp3) is 0.0556. The Hall–Kier alpha value is -3.41. The summed E-state index contributed by atoms with van der Waals surface area (Å²) in [6.07, 6.45) is 3.60. The molecule has 118 valence electrons. The van der Waals surface area contributed by atoms with Crippen LogP contribution in [0.25, 0.3) is 22.6 Å². The quantitative estimate of drug-likeness (QED) is 0.635. The third-order valence-electron chi connectivity index (χ3n) is 3.90. The zero-order valence-electron chi connectivity index (χ0n) is 12.9. The Morgan fingerprint density at radius 2 is 2.08 bits per heavy atom. The first kappa shape index (κ1) is 14.2. The van der Waals surface area contributed by atoms with E-state index >= 15 is 0 Å². The topological polar surface area (TPSA) is 86.9 Å². The number of rotatable bonds is 2. The molecule has 24 heavy (non-hydrogen) atoms. The van der Waals surface area contributed by atoms with Gasteiger partial charge >= 0.3 is 0 Å². The molecule has 6 heteroatoms. The minimum absolute atomic E-state index is 0.150. The zero-order chi connectivity index (χ0) is 16.7. The lowest BCUT2D eigenvalue weighted by atomic mass is 10.0. The van der Waals surface area contributed by atoms with Gasteiger partial charge in [0.05, 0.1) is 17.4 Å². The molecule has 0 saturated carbocycles. The molecule has 0 saturated heterocycles. The van der Waals surface area contributed by atoms with Crippen molar-refractivity contribution in [3.8, 4) is 0 Å². The van der Waals surface area contributed by atoms with Crippen molar-refractivity contribution in [2.75, 3.05) is 10.6 Å². The molecule has 4 rings (SSSR count). The van der Waals surface area contributed by atoms with Gasteiger partial charge in [-0.3, -0.25) is 14.7 Å². The first-order chi connectivity index (χ1) is 11.6. The summed E-state index contributed by atoms with van der Waals surface area (Å²) in [6.45, 7) is 1.45. The molecular weight excluding hydrogens is 304 g/mol. The molecule has 6 nitrogen and oxygen atoms in total. The van der Waals surface area contributed by atoms with Crippen molar-refractivity contribution in [2.45, 2.75) is 6.92 Å². The molecule has 1 aromatic heterocycles. The highest BCUT2D eigenvalue weighted by Gasteiger charge is 2.24. The predicted molar refractivity (Wildman–Crippen MR) is 93.3 cm³/mol. The lowest BCUT2D eigenvalue weighted by molar-refractivity contribution is -0.114. The Labute approximate surface area is 137 Å². The van der Waals surface area contributed by atoms with Crippen LogP contribution in [0.15, 0.2) is 42.6 Å². The van der Waals surface area contributed by atoms with E-state index in [9.17, 15) is 9.59 Å². The number of aromatic nitrogens is 2. The number of fused-ring (bicyclic) bond motifs is 2. The number of carbonyl (C=O) groups is 2. The van der Waals surface area contributed by atoms with Crippen LogP contribution in [0, 0.1) is 0 Å². The molecule has 0 radical (unpaired) electrons. The van der Waals surface area contributed by atoms with Gasteiger partial charge in [-0.25, -0.2) is 0 Å². The number of aromatic amines is 1. The predicted octanol–water partition coefficient (Wildman–Crippen LogP) is 3.01. The highest BCUT2D eigenvalue weighted by molar-refractivity contribution is 6.35. The second-order valence-electron chi connectivity index (χ2n) is 5.67. The minimum Gasteiger partial charge on any atom is -0.326 e. The molecule has 3 aromatic rings. The van der Waals surface area contributed by atoms with E-state index in [1.807, 2.05) is 30.3 Å². The number of benzene rings is 2. The first-order valence-corrected chi connectivity index (χ1v) is 7.48. The van der Waals surface area contributed by atoms with Gasteiger partial charge in [0.1, 0.15) is 0 Å². The molecule has 2 heterocycles. The highest BCUT2D eigenvalue weighted by atomic mass is 16.2. The number of amides is 2. The maximum absolute atomic E-state index is 12.3. The van der Waals surface area contributed by atoms with Crippen molar-refractivity contribution in [2.24, 2.45) is 0 Å². The van der Waals surface area contributed by atoms with E-state index in [0.29, 0.717) is 16.9 Å². The van der Waals surface area contributed by atoms with Gasteiger partial charge in [0.15, 0.2) is 0 Å². The smallest absolute Gasteiger partial charge is 0.256 e. The van der Waals surface area contributed by atoms with Gasteiger partial charge < -0.3 is 10.6 Å². The van der Waals surface area contributed by atoms with Crippen LogP contribution in [0.4, 0.5) is 11.4 Å². The largest absolute Gasteiger partial charge is 0.326 e. The number of nitrogens with zero attached hydrogens (tertiary/aromatic N) is 1. The third-order valence-corrected chi connectivity index (χ3v) is 3.90. The third kappa shape index (κ3) is 2.44. The molecule has 1 aliphatic rings. The summed E-state index contributed by atoms with van der Waals surface area (Å²) >= 11 is 0. The molecule has 0 atom stereocenters. The zero-order valence-corrected chi connectivity index (χ0v) is 12.9. The second-order valence-corrected chi connectivity index (χ2v) is 5.67. The van der Waals surface area contributed by atoms with E-state index in [1.165, 1.54) is 6.92 Å². The normalized spacial score (nSPS) is 14.7.